The van der Waals surface area contributed by atoms with E-state index in [1.54, 1.807) is 6.92 Å². The molecular formula is C23H15Cl2F6N7O2. The predicted molar refractivity (Wildman–Crippen MR) is 128 cm³/mol. The van der Waals surface area contributed by atoms with Crippen LogP contribution in [-0.2, 0) is 25.3 Å². The Labute approximate surface area is 230 Å². The topological polar surface area (TPSA) is 122 Å². The van der Waals surface area contributed by atoms with Crippen molar-refractivity contribution in [3.05, 3.63) is 86.0 Å². The number of hydrogen-bond donors (Lipinski definition) is 1. The molecule has 0 fully saturated rings. The van der Waals surface area contributed by atoms with E-state index in [1.807, 2.05) is 0 Å². The van der Waals surface area contributed by atoms with E-state index in [0.717, 1.165) is 10.7 Å². The summed E-state index contributed by atoms with van der Waals surface area (Å²) in [5, 5.41) is 10.3. The Morgan fingerprint density at radius 1 is 0.975 bits per heavy atom. The molecule has 40 heavy (non-hydrogen) atoms. The van der Waals surface area contributed by atoms with Crippen LogP contribution in [0.2, 0.25) is 10.0 Å². The van der Waals surface area contributed by atoms with Gasteiger partial charge in [0.25, 0.3) is 0 Å². The highest BCUT2D eigenvalue weighted by atomic mass is 35.5. The number of nitrogens with zero attached hydrogens (tertiary/aromatic N) is 6. The van der Waals surface area contributed by atoms with Crippen molar-refractivity contribution in [3.8, 4) is 5.82 Å². The van der Waals surface area contributed by atoms with E-state index in [-0.39, 0.29) is 43.2 Å². The van der Waals surface area contributed by atoms with E-state index >= 15 is 0 Å². The number of carbonyl (C=O) groups is 2. The van der Waals surface area contributed by atoms with Gasteiger partial charge in [-0.25, -0.2) is 9.67 Å². The quantitative estimate of drug-likeness (QED) is 0.231. The zero-order chi connectivity index (χ0) is 29.6. The number of pyridine rings is 1. The van der Waals surface area contributed by atoms with Gasteiger partial charge in [0, 0.05) is 23.2 Å². The van der Waals surface area contributed by atoms with Crippen LogP contribution in [-0.4, -0.2) is 41.4 Å². The van der Waals surface area contributed by atoms with Crippen LogP contribution in [0.4, 0.5) is 26.3 Å². The van der Waals surface area contributed by atoms with Crippen LogP contribution in [0, 0.1) is 6.92 Å². The van der Waals surface area contributed by atoms with Gasteiger partial charge in [-0.1, -0.05) is 23.2 Å². The number of hydrogen-bond acceptors (Lipinski definition) is 6. The lowest BCUT2D eigenvalue weighted by atomic mass is 9.95. The zero-order valence-electron chi connectivity index (χ0n) is 20.0. The molecule has 4 rings (SSSR count). The standard InChI is InChI=1S/C23H15Cl2F6N7O2/c1-10-5-11(24)6-14(20(32)40)13(10)8-17(39)16-7-12(34-38(16)21-15(25)3-2-4-33-21)9-37-35-18(22(26,27)28)19(36-37)23(29,30)31/h2-7H,8-9H2,1H3,(H2,32,40). The van der Waals surface area contributed by atoms with Gasteiger partial charge in [-0.15, -0.1) is 10.2 Å². The normalized spacial score (nSPS) is 12.1. The molecule has 2 N–H and O–H groups in total. The minimum atomic E-state index is -5.43. The Balaban J connectivity index is 1.79. The average Bonchev–Trinajstić information content (AvgIpc) is 3.46. The number of benzene rings is 1. The Hall–Kier alpha value is -3.98. The van der Waals surface area contributed by atoms with Gasteiger partial charge >= 0.3 is 12.4 Å². The second-order valence-electron chi connectivity index (χ2n) is 8.38. The highest BCUT2D eigenvalue weighted by Crippen LogP contribution is 2.38. The maximum absolute atomic E-state index is 13.5. The fourth-order valence-electron chi connectivity index (χ4n) is 3.82. The molecule has 0 aliphatic carbocycles. The van der Waals surface area contributed by atoms with Crippen molar-refractivity contribution >= 4 is 34.9 Å². The molecule has 0 atom stereocenters. The molecule has 0 spiro atoms. The molecule has 0 unspecified atom stereocenters. The van der Waals surface area contributed by atoms with Crippen molar-refractivity contribution in [2.75, 3.05) is 0 Å². The van der Waals surface area contributed by atoms with E-state index in [1.165, 1.54) is 30.5 Å². The van der Waals surface area contributed by atoms with Gasteiger partial charge in [-0.2, -0.15) is 36.2 Å². The predicted octanol–water partition coefficient (Wildman–Crippen LogP) is 5.08. The minimum Gasteiger partial charge on any atom is -0.366 e. The van der Waals surface area contributed by atoms with Gasteiger partial charge in [-0.3, -0.25) is 9.59 Å². The molecular weight excluding hydrogens is 591 g/mol. The number of Topliss-reactive ketones (excluding diaryl/α,β-unsaturated/α-hetero) is 1. The molecule has 0 radical (unpaired) electrons. The average molecular weight is 606 g/mol. The molecule has 4 aromatic rings. The van der Waals surface area contributed by atoms with Gasteiger partial charge < -0.3 is 5.73 Å². The van der Waals surface area contributed by atoms with Crippen molar-refractivity contribution < 1.29 is 35.9 Å². The molecule has 1 aromatic carbocycles. The second-order valence-corrected chi connectivity index (χ2v) is 9.22. The number of aryl methyl sites for hydroxylation is 1. The second kappa shape index (κ2) is 10.5. The number of rotatable bonds is 7. The van der Waals surface area contributed by atoms with Crippen LogP contribution in [0.15, 0.2) is 36.5 Å². The van der Waals surface area contributed by atoms with Crippen LogP contribution in [0.1, 0.15) is 49.1 Å². The molecule has 0 aliphatic rings. The number of ketones is 1. The van der Waals surface area contributed by atoms with Crippen LogP contribution in [0.3, 0.4) is 0 Å². The Kier molecular flexibility index (Phi) is 7.64. The van der Waals surface area contributed by atoms with Gasteiger partial charge in [0.2, 0.25) is 5.91 Å². The first kappa shape index (κ1) is 29.0. The third-order valence-electron chi connectivity index (χ3n) is 5.52. The third kappa shape index (κ3) is 5.94. The lowest BCUT2D eigenvalue weighted by molar-refractivity contribution is -0.165. The number of halogens is 8. The highest BCUT2D eigenvalue weighted by molar-refractivity contribution is 6.32. The highest BCUT2D eigenvalue weighted by Gasteiger charge is 2.48. The molecule has 17 heteroatoms. The van der Waals surface area contributed by atoms with E-state index in [9.17, 15) is 35.9 Å². The van der Waals surface area contributed by atoms with E-state index < -0.39 is 48.4 Å². The fraction of sp³-hybridized carbons (Fsp3) is 0.217. The van der Waals surface area contributed by atoms with Crippen molar-refractivity contribution in [1.29, 1.82) is 0 Å². The van der Waals surface area contributed by atoms with Crippen LogP contribution < -0.4 is 5.73 Å². The number of nitrogens with two attached hydrogens (primary N) is 1. The van der Waals surface area contributed by atoms with Gasteiger partial charge in [0.15, 0.2) is 23.0 Å². The number of aromatic nitrogens is 6. The molecule has 0 bridgehead atoms. The first-order valence-corrected chi connectivity index (χ1v) is 11.7. The SMILES string of the molecule is Cc1cc(Cl)cc(C(N)=O)c1CC(=O)c1cc(Cn2nc(C(F)(F)F)c(C(F)(F)F)n2)nn1-c1ncccc1Cl. The first-order valence-electron chi connectivity index (χ1n) is 11.0. The molecule has 210 valence electrons. The Morgan fingerprint density at radius 2 is 1.60 bits per heavy atom. The maximum atomic E-state index is 13.5. The lowest BCUT2D eigenvalue weighted by Gasteiger charge is -2.12. The summed E-state index contributed by atoms with van der Waals surface area (Å²) < 4.78 is 80.1. The lowest BCUT2D eigenvalue weighted by Crippen LogP contribution is -2.18. The number of carbonyl (C=O) groups excluding carboxylic acids is 2. The smallest absolute Gasteiger partial charge is 0.366 e. The summed E-state index contributed by atoms with van der Waals surface area (Å²) in [5.41, 5.74) is 1.32. The number of alkyl halides is 6. The van der Waals surface area contributed by atoms with Crippen molar-refractivity contribution in [2.24, 2.45) is 5.73 Å². The molecule has 0 saturated heterocycles. The molecule has 0 saturated carbocycles. The number of amides is 1. The van der Waals surface area contributed by atoms with Crippen LogP contribution >= 0.6 is 23.2 Å². The van der Waals surface area contributed by atoms with E-state index in [2.05, 4.69) is 20.3 Å². The summed E-state index contributed by atoms with van der Waals surface area (Å²) in [4.78, 5) is 29.7. The van der Waals surface area contributed by atoms with Crippen LogP contribution in [0.25, 0.3) is 5.82 Å². The molecule has 0 aliphatic heterocycles. The van der Waals surface area contributed by atoms with Crippen LogP contribution in [0.5, 0.6) is 0 Å². The summed E-state index contributed by atoms with van der Waals surface area (Å²) >= 11 is 12.2. The van der Waals surface area contributed by atoms with Gasteiger partial charge in [0.1, 0.15) is 12.2 Å². The van der Waals surface area contributed by atoms with Gasteiger partial charge in [-0.05, 0) is 48.4 Å². The molecule has 1 amide bonds. The summed E-state index contributed by atoms with van der Waals surface area (Å²) in [6, 6.07) is 6.83. The minimum absolute atomic E-state index is 0.0133. The molecule has 3 heterocycles. The van der Waals surface area contributed by atoms with Crippen molar-refractivity contribution in [1.82, 2.24) is 29.8 Å². The van der Waals surface area contributed by atoms with Crippen molar-refractivity contribution in [3.63, 3.8) is 0 Å². The van der Waals surface area contributed by atoms with E-state index in [4.69, 9.17) is 28.9 Å². The van der Waals surface area contributed by atoms with E-state index in [0.29, 0.717) is 5.56 Å². The Morgan fingerprint density at radius 3 is 2.15 bits per heavy atom. The fourth-order valence-corrected chi connectivity index (χ4v) is 4.30. The zero-order valence-corrected chi connectivity index (χ0v) is 21.5. The molecule has 9 nitrogen and oxygen atoms in total. The van der Waals surface area contributed by atoms with Gasteiger partial charge in [0.05, 0.1) is 10.7 Å². The summed E-state index contributed by atoms with van der Waals surface area (Å²) in [5.74, 6) is -1.56. The first-order chi connectivity index (χ1) is 18.6. The number of primary amides is 1. The summed E-state index contributed by atoms with van der Waals surface area (Å²) in [7, 11) is 0. The summed E-state index contributed by atoms with van der Waals surface area (Å²) in [6.45, 7) is 0.822. The maximum Gasteiger partial charge on any atom is 0.437 e. The molecule has 3 aromatic heterocycles. The third-order valence-corrected chi connectivity index (χ3v) is 6.03. The Bertz CT molecular complexity index is 1600. The van der Waals surface area contributed by atoms with Crippen molar-refractivity contribution in [2.45, 2.75) is 32.2 Å². The largest absolute Gasteiger partial charge is 0.437 e. The summed E-state index contributed by atoms with van der Waals surface area (Å²) in [6.07, 6.45) is -9.93. The monoisotopic (exact) mass is 605 g/mol.